The molecule has 0 aromatic carbocycles. The van der Waals surface area contributed by atoms with E-state index in [0.717, 1.165) is 38.8 Å². The third-order valence-corrected chi connectivity index (χ3v) is 2.26. The number of hydrogen-bond donors (Lipinski definition) is 1. The molecule has 1 heterocycles. The van der Waals surface area contributed by atoms with E-state index in [2.05, 4.69) is 4.90 Å². The maximum absolute atomic E-state index is 10.4. The van der Waals surface area contributed by atoms with Gasteiger partial charge >= 0.3 is 0 Å². The van der Waals surface area contributed by atoms with Crippen LogP contribution in [0.3, 0.4) is 0 Å². The lowest BCUT2D eigenvalue weighted by molar-refractivity contribution is -0.111. The predicted octanol–water partition coefficient (Wildman–Crippen LogP) is 0.278. The van der Waals surface area contributed by atoms with Crippen molar-refractivity contribution in [3.8, 4) is 0 Å². The second-order valence-corrected chi connectivity index (χ2v) is 3.67. The lowest BCUT2D eigenvalue weighted by atomic mass is 10.1. The zero-order valence-electron chi connectivity index (χ0n) is 7.57. The minimum absolute atomic E-state index is 0.0929. The van der Waals surface area contributed by atoms with Crippen molar-refractivity contribution in [2.24, 2.45) is 5.92 Å². The van der Waals surface area contributed by atoms with Crippen LogP contribution in [0.4, 0.5) is 0 Å². The number of aliphatic hydroxyl groups is 1. The quantitative estimate of drug-likeness (QED) is 0.620. The molecule has 0 amide bonds. The Hall–Kier alpha value is -0.410. The average molecular weight is 171 g/mol. The molecule has 1 saturated heterocycles. The highest BCUT2D eigenvalue weighted by Gasteiger charge is 2.18. The molecule has 70 valence electrons. The second-order valence-electron chi connectivity index (χ2n) is 3.67. The van der Waals surface area contributed by atoms with Crippen molar-refractivity contribution in [3.05, 3.63) is 0 Å². The largest absolute Gasteiger partial charge is 0.392 e. The number of rotatable bonds is 3. The van der Waals surface area contributed by atoms with Gasteiger partial charge in [0.05, 0.1) is 6.10 Å². The topological polar surface area (TPSA) is 40.5 Å². The molecule has 0 aliphatic carbocycles. The summed E-state index contributed by atoms with van der Waals surface area (Å²) >= 11 is 0. The van der Waals surface area contributed by atoms with E-state index in [-0.39, 0.29) is 12.0 Å². The van der Waals surface area contributed by atoms with Gasteiger partial charge in [-0.15, -0.1) is 0 Å². The molecule has 1 aliphatic rings. The monoisotopic (exact) mass is 171 g/mol. The lowest BCUT2D eigenvalue weighted by Gasteiger charge is -2.30. The zero-order chi connectivity index (χ0) is 8.97. The third kappa shape index (κ3) is 2.91. The molecule has 0 radical (unpaired) electrons. The van der Waals surface area contributed by atoms with Crippen LogP contribution in [0, 0.1) is 5.92 Å². The Kier molecular flexibility index (Phi) is 3.69. The van der Waals surface area contributed by atoms with Crippen LogP contribution in [0.25, 0.3) is 0 Å². The molecule has 1 rings (SSSR count). The molecule has 0 aromatic heterocycles. The number of nitrogens with zero attached hydrogens (tertiary/aromatic N) is 1. The second kappa shape index (κ2) is 4.58. The number of carbonyl (C=O) groups is 1. The number of piperidine rings is 1. The maximum atomic E-state index is 10.4. The van der Waals surface area contributed by atoms with Gasteiger partial charge in [-0.3, -0.25) is 0 Å². The highest BCUT2D eigenvalue weighted by Crippen LogP contribution is 2.10. The molecular weight excluding hydrogens is 154 g/mol. The Labute approximate surface area is 73.4 Å². The number of carbonyl (C=O) groups excluding carboxylic acids is 1. The van der Waals surface area contributed by atoms with E-state index in [4.69, 9.17) is 0 Å². The van der Waals surface area contributed by atoms with Crippen molar-refractivity contribution < 1.29 is 9.90 Å². The summed E-state index contributed by atoms with van der Waals surface area (Å²) in [5, 5.41) is 9.34. The van der Waals surface area contributed by atoms with Gasteiger partial charge in [0.25, 0.3) is 0 Å². The first kappa shape index (κ1) is 9.68. The summed E-state index contributed by atoms with van der Waals surface area (Å²) in [5.41, 5.74) is 0. The van der Waals surface area contributed by atoms with Gasteiger partial charge in [0, 0.05) is 19.0 Å². The molecule has 3 nitrogen and oxygen atoms in total. The van der Waals surface area contributed by atoms with E-state index in [0.29, 0.717) is 0 Å². The van der Waals surface area contributed by atoms with Crippen molar-refractivity contribution in [2.45, 2.75) is 25.9 Å². The van der Waals surface area contributed by atoms with Gasteiger partial charge in [-0.05, 0) is 19.4 Å². The molecule has 3 heteroatoms. The van der Waals surface area contributed by atoms with Gasteiger partial charge in [0.1, 0.15) is 6.29 Å². The van der Waals surface area contributed by atoms with E-state index >= 15 is 0 Å². The molecule has 0 aromatic rings. The molecule has 0 spiro atoms. The number of β-amino-alcohol motifs (C(OH)–C–C–N with tert-alkyl or cyclic N) is 1. The van der Waals surface area contributed by atoms with Crippen molar-refractivity contribution in [2.75, 3.05) is 19.6 Å². The fourth-order valence-corrected chi connectivity index (χ4v) is 1.65. The van der Waals surface area contributed by atoms with Crippen LogP contribution in [0.1, 0.15) is 19.8 Å². The Morgan fingerprint density at radius 2 is 2.50 bits per heavy atom. The summed E-state index contributed by atoms with van der Waals surface area (Å²) < 4.78 is 0. The van der Waals surface area contributed by atoms with E-state index in [1.807, 2.05) is 6.92 Å². The van der Waals surface area contributed by atoms with E-state index in [9.17, 15) is 9.90 Å². The standard InChI is InChI=1S/C9H17NO2/c1-8(7-11)5-10-4-2-3-9(12)6-10/h7-9,12H,2-6H2,1H3. The first-order chi connectivity index (χ1) is 5.72. The van der Waals surface area contributed by atoms with Gasteiger partial charge in [-0.1, -0.05) is 6.92 Å². The van der Waals surface area contributed by atoms with Crippen molar-refractivity contribution in [1.82, 2.24) is 4.90 Å². The summed E-state index contributed by atoms with van der Waals surface area (Å²) in [6.07, 6.45) is 2.75. The fraction of sp³-hybridized carbons (Fsp3) is 0.889. The first-order valence-electron chi connectivity index (χ1n) is 4.58. The molecule has 12 heavy (non-hydrogen) atoms. The van der Waals surface area contributed by atoms with Gasteiger partial charge in [-0.2, -0.15) is 0 Å². The summed E-state index contributed by atoms with van der Waals surface area (Å²) in [5.74, 6) is 0.0929. The normalized spacial score (nSPS) is 28.3. The van der Waals surface area contributed by atoms with Gasteiger partial charge in [0.2, 0.25) is 0 Å². The first-order valence-corrected chi connectivity index (χ1v) is 4.58. The molecule has 2 atom stereocenters. The maximum Gasteiger partial charge on any atom is 0.124 e. The van der Waals surface area contributed by atoms with E-state index in [1.54, 1.807) is 0 Å². The van der Waals surface area contributed by atoms with Crippen LogP contribution < -0.4 is 0 Å². The van der Waals surface area contributed by atoms with Crippen LogP contribution in [-0.2, 0) is 4.79 Å². The van der Waals surface area contributed by atoms with Crippen LogP contribution in [-0.4, -0.2) is 42.0 Å². The van der Waals surface area contributed by atoms with Gasteiger partial charge in [0.15, 0.2) is 0 Å². The highest BCUT2D eigenvalue weighted by atomic mass is 16.3. The highest BCUT2D eigenvalue weighted by molar-refractivity contribution is 5.52. The molecule has 2 unspecified atom stereocenters. The summed E-state index contributed by atoms with van der Waals surface area (Å²) in [6.45, 7) is 4.46. The van der Waals surface area contributed by atoms with Crippen LogP contribution in [0.5, 0.6) is 0 Å². The SMILES string of the molecule is CC(C=O)CN1CCCC(O)C1. The molecule has 1 aliphatic heterocycles. The van der Waals surface area contributed by atoms with Crippen LogP contribution in [0.2, 0.25) is 0 Å². The number of aldehydes is 1. The summed E-state index contributed by atoms with van der Waals surface area (Å²) in [7, 11) is 0. The van der Waals surface area contributed by atoms with E-state index in [1.165, 1.54) is 0 Å². The van der Waals surface area contributed by atoms with Crippen molar-refractivity contribution in [3.63, 3.8) is 0 Å². The molecule has 1 N–H and O–H groups in total. The molecule has 0 bridgehead atoms. The van der Waals surface area contributed by atoms with Gasteiger partial charge < -0.3 is 14.8 Å². The Morgan fingerprint density at radius 3 is 3.08 bits per heavy atom. The Balaban J connectivity index is 2.26. The minimum Gasteiger partial charge on any atom is -0.392 e. The fourth-order valence-electron chi connectivity index (χ4n) is 1.65. The summed E-state index contributed by atoms with van der Waals surface area (Å²) in [6, 6.07) is 0. The molecule has 1 fully saturated rings. The Bertz CT molecular complexity index is 149. The van der Waals surface area contributed by atoms with Crippen LogP contribution in [0.15, 0.2) is 0 Å². The summed E-state index contributed by atoms with van der Waals surface area (Å²) in [4.78, 5) is 12.5. The smallest absolute Gasteiger partial charge is 0.124 e. The number of hydrogen-bond acceptors (Lipinski definition) is 3. The minimum atomic E-state index is -0.183. The number of likely N-dealkylation sites (tertiary alicyclic amines) is 1. The average Bonchev–Trinajstić information content (AvgIpc) is 2.04. The van der Waals surface area contributed by atoms with E-state index < -0.39 is 0 Å². The molecule has 0 saturated carbocycles. The number of aliphatic hydroxyl groups excluding tert-OH is 1. The van der Waals surface area contributed by atoms with Crippen LogP contribution >= 0.6 is 0 Å². The Morgan fingerprint density at radius 1 is 1.75 bits per heavy atom. The van der Waals surface area contributed by atoms with Gasteiger partial charge in [-0.25, -0.2) is 0 Å². The predicted molar refractivity (Wildman–Crippen MR) is 46.9 cm³/mol. The van der Waals surface area contributed by atoms with Crippen molar-refractivity contribution >= 4 is 6.29 Å². The lowest BCUT2D eigenvalue weighted by Crippen LogP contribution is -2.40. The molecular formula is C9H17NO2. The zero-order valence-corrected chi connectivity index (χ0v) is 7.57. The van der Waals surface area contributed by atoms with Crippen molar-refractivity contribution in [1.29, 1.82) is 0 Å². The third-order valence-electron chi connectivity index (χ3n) is 2.26.